The van der Waals surface area contributed by atoms with Gasteiger partial charge in [-0.15, -0.1) is 0 Å². The standard InChI is InChI=1S/C24H22N6O2S/c1-28-15-18(14-26-28)17-4-7-24-23(10-17)25-16-30(24)21-12-19(27-33(31,32)22-5-6-22)11-20(13-21)29-8-2-3-9-29/h2-4,7-16,22,27H,5-6H2,1H3. The zero-order valence-electron chi connectivity index (χ0n) is 18.0. The largest absolute Gasteiger partial charge is 0.324 e. The van der Waals surface area contributed by atoms with Gasteiger partial charge in [-0.3, -0.25) is 14.0 Å². The van der Waals surface area contributed by atoms with Gasteiger partial charge >= 0.3 is 0 Å². The van der Waals surface area contributed by atoms with Crippen molar-refractivity contribution in [3.05, 3.63) is 79.6 Å². The molecule has 0 saturated heterocycles. The molecule has 1 aliphatic rings. The van der Waals surface area contributed by atoms with Crippen LogP contribution in [0.2, 0.25) is 0 Å². The van der Waals surface area contributed by atoms with Crippen molar-refractivity contribution < 1.29 is 8.42 Å². The minimum Gasteiger partial charge on any atom is -0.324 e. The van der Waals surface area contributed by atoms with E-state index in [2.05, 4.69) is 14.8 Å². The van der Waals surface area contributed by atoms with Crippen molar-refractivity contribution in [1.82, 2.24) is 23.9 Å². The molecule has 0 bridgehead atoms. The lowest BCUT2D eigenvalue weighted by Crippen LogP contribution is -2.17. The van der Waals surface area contributed by atoms with Crippen LogP contribution in [-0.2, 0) is 17.1 Å². The average Bonchev–Trinajstić information content (AvgIpc) is 3.19. The molecule has 1 N–H and O–H groups in total. The number of sulfonamides is 1. The van der Waals surface area contributed by atoms with E-state index >= 15 is 0 Å². The molecule has 8 nitrogen and oxygen atoms in total. The van der Waals surface area contributed by atoms with Crippen LogP contribution in [0.3, 0.4) is 0 Å². The van der Waals surface area contributed by atoms with Crippen molar-refractivity contribution in [3.63, 3.8) is 0 Å². The first-order valence-corrected chi connectivity index (χ1v) is 12.3. The molecule has 3 aromatic heterocycles. The second-order valence-electron chi connectivity index (χ2n) is 8.40. The van der Waals surface area contributed by atoms with Crippen molar-refractivity contribution >= 4 is 26.7 Å². The van der Waals surface area contributed by atoms with Gasteiger partial charge in [0.1, 0.15) is 6.33 Å². The molecular formula is C24H22N6O2S. The van der Waals surface area contributed by atoms with Gasteiger partial charge in [0.05, 0.1) is 33.9 Å². The fourth-order valence-corrected chi connectivity index (χ4v) is 5.41. The second-order valence-corrected chi connectivity index (χ2v) is 10.4. The zero-order chi connectivity index (χ0) is 22.6. The Morgan fingerprint density at radius 1 is 1.00 bits per heavy atom. The fourth-order valence-electron chi connectivity index (χ4n) is 4.04. The van der Waals surface area contributed by atoms with Gasteiger partial charge in [-0.1, -0.05) is 6.07 Å². The van der Waals surface area contributed by atoms with Crippen LogP contribution in [0.4, 0.5) is 5.69 Å². The molecule has 9 heteroatoms. The summed E-state index contributed by atoms with van der Waals surface area (Å²) in [6, 6.07) is 15.7. The maximum Gasteiger partial charge on any atom is 0.235 e. The molecule has 2 aromatic carbocycles. The molecule has 0 amide bonds. The summed E-state index contributed by atoms with van der Waals surface area (Å²) in [5.41, 5.74) is 6.08. The van der Waals surface area contributed by atoms with E-state index in [9.17, 15) is 8.42 Å². The third-order valence-corrected chi connectivity index (χ3v) is 7.76. The van der Waals surface area contributed by atoms with Crippen molar-refractivity contribution in [3.8, 4) is 22.5 Å². The molecule has 3 heterocycles. The summed E-state index contributed by atoms with van der Waals surface area (Å²) < 4.78 is 33.7. The number of hydrogen-bond donors (Lipinski definition) is 1. The predicted molar refractivity (Wildman–Crippen MR) is 128 cm³/mol. The van der Waals surface area contributed by atoms with Crippen LogP contribution in [0.15, 0.2) is 79.6 Å². The Hall–Kier alpha value is -3.85. The lowest BCUT2D eigenvalue weighted by Gasteiger charge is -2.14. The molecule has 0 spiro atoms. The minimum absolute atomic E-state index is 0.295. The number of nitrogens with one attached hydrogen (secondary N) is 1. The smallest absolute Gasteiger partial charge is 0.235 e. The first-order chi connectivity index (χ1) is 16.0. The number of aromatic nitrogens is 5. The Balaban J connectivity index is 1.45. The zero-order valence-corrected chi connectivity index (χ0v) is 18.8. The Kier molecular flexibility index (Phi) is 4.41. The average molecular weight is 459 g/mol. The number of aryl methyl sites for hydroxylation is 1. The first-order valence-electron chi connectivity index (χ1n) is 10.7. The van der Waals surface area contributed by atoms with E-state index in [-0.39, 0.29) is 5.25 Å². The van der Waals surface area contributed by atoms with Crippen LogP contribution in [0.25, 0.3) is 33.5 Å². The Morgan fingerprint density at radius 2 is 1.79 bits per heavy atom. The monoisotopic (exact) mass is 458 g/mol. The Bertz CT molecular complexity index is 1580. The van der Waals surface area contributed by atoms with Crippen molar-refractivity contribution in [1.29, 1.82) is 0 Å². The molecule has 6 rings (SSSR count). The quantitative estimate of drug-likeness (QED) is 0.415. The molecular weight excluding hydrogens is 436 g/mol. The van der Waals surface area contributed by atoms with Gasteiger partial charge in [-0.25, -0.2) is 13.4 Å². The van der Waals surface area contributed by atoms with Crippen LogP contribution in [0, 0.1) is 0 Å². The van der Waals surface area contributed by atoms with E-state index in [0.29, 0.717) is 18.5 Å². The topological polar surface area (TPSA) is 86.7 Å². The maximum atomic E-state index is 12.6. The van der Waals surface area contributed by atoms with Gasteiger partial charge in [0.25, 0.3) is 0 Å². The molecule has 1 saturated carbocycles. The first kappa shape index (κ1) is 19.8. The number of hydrogen-bond acceptors (Lipinski definition) is 4. The molecule has 5 aromatic rings. The molecule has 0 unspecified atom stereocenters. The van der Waals surface area contributed by atoms with Gasteiger partial charge in [-0.2, -0.15) is 5.10 Å². The Morgan fingerprint density at radius 3 is 2.52 bits per heavy atom. The van der Waals surface area contributed by atoms with Gasteiger partial charge < -0.3 is 4.57 Å². The maximum absolute atomic E-state index is 12.6. The van der Waals surface area contributed by atoms with Crippen molar-refractivity contribution in [2.75, 3.05) is 4.72 Å². The van der Waals surface area contributed by atoms with Gasteiger partial charge in [-0.05, 0) is 60.9 Å². The predicted octanol–water partition coefficient (Wildman–Crippen LogP) is 4.12. The van der Waals surface area contributed by atoms with E-state index in [0.717, 1.165) is 33.5 Å². The van der Waals surface area contributed by atoms with Gasteiger partial charge in [0.2, 0.25) is 10.0 Å². The van der Waals surface area contributed by atoms with Crippen LogP contribution in [0.5, 0.6) is 0 Å². The number of nitrogens with zero attached hydrogens (tertiary/aromatic N) is 5. The normalized spacial score (nSPS) is 14.1. The highest BCUT2D eigenvalue weighted by molar-refractivity contribution is 7.93. The fraction of sp³-hybridized carbons (Fsp3) is 0.167. The second kappa shape index (κ2) is 7.35. The van der Waals surface area contributed by atoms with E-state index in [1.165, 1.54) is 0 Å². The molecule has 1 aliphatic carbocycles. The third-order valence-electron chi connectivity index (χ3n) is 5.89. The van der Waals surface area contributed by atoms with Gasteiger partial charge in [0, 0.05) is 36.9 Å². The molecule has 0 aliphatic heterocycles. The van der Waals surface area contributed by atoms with E-state index in [1.54, 1.807) is 11.0 Å². The molecule has 166 valence electrons. The summed E-state index contributed by atoms with van der Waals surface area (Å²) in [5.74, 6) is 0. The summed E-state index contributed by atoms with van der Waals surface area (Å²) in [6.07, 6.45) is 10.9. The SMILES string of the molecule is Cn1cc(-c2ccc3c(c2)ncn3-c2cc(NS(=O)(=O)C3CC3)cc(-n3cccc3)c2)cn1. The van der Waals surface area contributed by atoms with Crippen LogP contribution >= 0.6 is 0 Å². The highest BCUT2D eigenvalue weighted by Gasteiger charge is 2.35. The highest BCUT2D eigenvalue weighted by Crippen LogP contribution is 2.32. The molecule has 1 fully saturated rings. The summed E-state index contributed by atoms with van der Waals surface area (Å²) >= 11 is 0. The Labute approximate surface area is 191 Å². The number of fused-ring (bicyclic) bond motifs is 1. The van der Waals surface area contributed by atoms with Crippen LogP contribution in [0.1, 0.15) is 12.8 Å². The lowest BCUT2D eigenvalue weighted by atomic mass is 10.1. The molecule has 0 atom stereocenters. The summed E-state index contributed by atoms with van der Waals surface area (Å²) in [5, 5.41) is 3.95. The van der Waals surface area contributed by atoms with Crippen LogP contribution in [-0.4, -0.2) is 37.6 Å². The summed E-state index contributed by atoms with van der Waals surface area (Å²) in [7, 11) is -1.49. The number of imidazole rings is 1. The van der Waals surface area contributed by atoms with E-state index in [4.69, 9.17) is 0 Å². The summed E-state index contributed by atoms with van der Waals surface area (Å²) in [4.78, 5) is 4.61. The third kappa shape index (κ3) is 3.70. The minimum atomic E-state index is -3.38. The summed E-state index contributed by atoms with van der Waals surface area (Å²) in [6.45, 7) is 0. The van der Waals surface area contributed by atoms with Crippen LogP contribution < -0.4 is 4.72 Å². The van der Waals surface area contributed by atoms with Gasteiger partial charge in [0.15, 0.2) is 0 Å². The lowest BCUT2D eigenvalue weighted by molar-refractivity contribution is 0.600. The van der Waals surface area contributed by atoms with E-state index < -0.39 is 10.0 Å². The number of rotatable bonds is 6. The number of anilines is 1. The van der Waals surface area contributed by atoms with E-state index in [1.807, 2.05) is 89.5 Å². The van der Waals surface area contributed by atoms with Crippen molar-refractivity contribution in [2.24, 2.45) is 7.05 Å². The number of benzene rings is 2. The molecule has 0 radical (unpaired) electrons. The molecule has 33 heavy (non-hydrogen) atoms. The highest BCUT2D eigenvalue weighted by atomic mass is 32.2. The van der Waals surface area contributed by atoms with Crippen molar-refractivity contribution in [2.45, 2.75) is 18.1 Å².